The lowest BCUT2D eigenvalue weighted by atomic mass is 9.43. The van der Waals surface area contributed by atoms with Crippen LogP contribution in [-0.4, -0.2) is 18.7 Å². The first-order chi connectivity index (χ1) is 10.5. The number of allylic oxidation sites excluding steroid dienone is 1. The second-order valence-electron chi connectivity index (χ2n) is 7.39. The van der Waals surface area contributed by atoms with E-state index in [1.165, 1.54) is 20.0 Å². The molecule has 0 N–H and O–H groups in total. The van der Waals surface area contributed by atoms with Gasteiger partial charge in [0.25, 0.3) is 0 Å². The molecule has 2 saturated carbocycles. The Morgan fingerprint density at radius 1 is 1.27 bits per heavy atom. The fourth-order valence-electron chi connectivity index (χ4n) is 6.39. The van der Waals surface area contributed by atoms with Crippen molar-refractivity contribution >= 4 is 5.97 Å². The van der Waals surface area contributed by atoms with Crippen LogP contribution in [0.25, 0.3) is 0 Å². The Balaban J connectivity index is 2.07. The van der Waals surface area contributed by atoms with Gasteiger partial charge in [-0.15, -0.1) is 0 Å². The van der Waals surface area contributed by atoms with Gasteiger partial charge in [-0.2, -0.15) is 0 Å². The highest BCUT2D eigenvalue weighted by Gasteiger charge is 2.78. The molecule has 1 aliphatic heterocycles. The number of methoxy groups -OCH3 is 1. The average molecular weight is 306 g/mol. The van der Waals surface area contributed by atoms with Crippen molar-refractivity contribution in [2.24, 2.45) is 29.1 Å². The van der Waals surface area contributed by atoms with E-state index in [0.29, 0.717) is 11.8 Å². The third-order valence-electron chi connectivity index (χ3n) is 7.15. The number of esters is 1. The first-order valence-electron chi connectivity index (χ1n) is 9.03. The second kappa shape index (κ2) is 5.28. The number of carbonyl (C=O) groups is 1. The van der Waals surface area contributed by atoms with Gasteiger partial charge in [-0.05, 0) is 37.0 Å². The molecule has 0 aromatic carbocycles. The molecule has 22 heavy (non-hydrogen) atoms. The maximum absolute atomic E-state index is 11.8. The normalized spacial score (nSPS) is 47.0. The minimum absolute atomic E-state index is 0.0348. The molecule has 1 saturated heterocycles. The molecule has 6 atom stereocenters. The van der Waals surface area contributed by atoms with Crippen LogP contribution in [0.15, 0.2) is 11.8 Å². The molecule has 3 rings (SSSR count). The molecule has 1 heterocycles. The predicted octanol–water partition coefficient (Wildman–Crippen LogP) is 4.32. The largest absolute Gasteiger partial charge is 0.490 e. The Hall–Kier alpha value is -0.990. The number of ether oxygens (including phenoxy) is 2. The SMILES string of the molecule is CCC1CC2(CC)O/C(=C\C(=O)OC)C3(CC)C(CC)C1C23. The molecule has 0 amide bonds. The van der Waals surface area contributed by atoms with E-state index in [9.17, 15) is 4.79 Å². The summed E-state index contributed by atoms with van der Waals surface area (Å²) in [6.45, 7) is 9.12. The maximum Gasteiger partial charge on any atom is 0.333 e. The van der Waals surface area contributed by atoms with Gasteiger partial charge in [0.2, 0.25) is 0 Å². The lowest BCUT2D eigenvalue weighted by molar-refractivity contribution is -0.135. The molecule has 124 valence electrons. The van der Waals surface area contributed by atoms with Crippen molar-refractivity contribution in [1.82, 2.24) is 0 Å². The Kier molecular flexibility index (Phi) is 3.81. The van der Waals surface area contributed by atoms with E-state index in [4.69, 9.17) is 9.47 Å². The van der Waals surface area contributed by atoms with Crippen LogP contribution in [0.2, 0.25) is 0 Å². The van der Waals surface area contributed by atoms with Crippen LogP contribution in [0, 0.1) is 29.1 Å². The van der Waals surface area contributed by atoms with Gasteiger partial charge in [-0.25, -0.2) is 4.79 Å². The Morgan fingerprint density at radius 3 is 2.50 bits per heavy atom. The van der Waals surface area contributed by atoms with Gasteiger partial charge in [-0.3, -0.25) is 0 Å². The minimum Gasteiger partial charge on any atom is -0.490 e. The van der Waals surface area contributed by atoms with Gasteiger partial charge < -0.3 is 9.47 Å². The van der Waals surface area contributed by atoms with Gasteiger partial charge in [-0.1, -0.05) is 40.5 Å². The van der Waals surface area contributed by atoms with E-state index in [0.717, 1.165) is 36.9 Å². The molecule has 0 spiro atoms. The molecular weight excluding hydrogens is 276 g/mol. The van der Waals surface area contributed by atoms with Crippen LogP contribution in [0.1, 0.15) is 59.8 Å². The van der Waals surface area contributed by atoms with Crippen molar-refractivity contribution in [3.05, 3.63) is 11.8 Å². The molecular formula is C19H30O3. The standard InChI is InChI=1S/C19H30O3/c1-6-12-11-18(8-3)17-16(12)13(7-2)19(17,9-4)14(22-18)10-15(20)21-5/h10,12-13,16-17H,6-9,11H2,1-5H3/b14-10-. The Bertz CT molecular complexity index is 497. The molecule has 3 aliphatic rings. The van der Waals surface area contributed by atoms with Crippen molar-refractivity contribution in [2.75, 3.05) is 7.11 Å². The summed E-state index contributed by atoms with van der Waals surface area (Å²) in [5, 5.41) is 0. The molecule has 0 radical (unpaired) electrons. The Labute approximate surface area is 134 Å². The topological polar surface area (TPSA) is 35.5 Å². The highest BCUT2D eigenvalue weighted by Crippen LogP contribution is 2.78. The number of hydrogen-bond acceptors (Lipinski definition) is 3. The van der Waals surface area contributed by atoms with Crippen LogP contribution < -0.4 is 0 Å². The second-order valence-corrected chi connectivity index (χ2v) is 7.39. The third kappa shape index (κ3) is 1.66. The zero-order chi connectivity index (χ0) is 16.1. The van der Waals surface area contributed by atoms with E-state index in [1.54, 1.807) is 6.08 Å². The van der Waals surface area contributed by atoms with Crippen LogP contribution in [0.4, 0.5) is 0 Å². The first kappa shape index (κ1) is 15.9. The van der Waals surface area contributed by atoms with Gasteiger partial charge in [0.15, 0.2) is 0 Å². The summed E-state index contributed by atoms with van der Waals surface area (Å²) in [4.78, 5) is 11.8. The summed E-state index contributed by atoms with van der Waals surface area (Å²) in [6.07, 6.45) is 7.33. The van der Waals surface area contributed by atoms with Crippen molar-refractivity contribution < 1.29 is 14.3 Å². The number of rotatable bonds is 5. The zero-order valence-electron chi connectivity index (χ0n) is 14.6. The summed E-state index contributed by atoms with van der Waals surface area (Å²) in [7, 11) is 1.44. The summed E-state index contributed by atoms with van der Waals surface area (Å²) >= 11 is 0. The Morgan fingerprint density at radius 2 is 2.00 bits per heavy atom. The molecule has 3 fully saturated rings. The highest BCUT2D eigenvalue weighted by molar-refractivity contribution is 5.82. The third-order valence-corrected chi connectivity index (χ3v) is 7.15. The monoisotopic (exact) mass is 306 g/mol. The zero-order valence-corrected chi connectivity index (χ0v) is 14.6. The van der Waals surface area contributed by atoms with Crippen molar-refractivity contribution in [3.63, 3.8) is 0 Å². The number of hydrogen-bond donors (Lipinski definition) is 0. The molecule has 0 aromatic heterocycles. The van der Waals surface area contributed by atoms with Crippen molar-refractivity contribution in [1.29, 1.82) is 0 Å². The van der Waals surface area contributed by atoms with Crippen molar-refractivity contribution in [2.45, 2.75) is 65.4 Å². The molecule has 0 aromatic rings. The van der Waals surface area contributed by atoms with E-state index in [-0.39, 0.29) is 17.0 Å². The van der Waals surface area contributed by atoms with Gasteiger partial charge >= 0.3 is 5.97 Å². The molecule has 3 nitrogen and oxygen atoms in total. The van der Waals surface area contributed by atoms with E-state index >= 15 is 0 Å². The highest BCUT2D eigenvalue weighted by atomic mass is 16.5. The summed E-state index contributed by atoms with van der Waals surface area (Å²) < 4.78 is 11.4. The molecule has 0 bridgehead atoms. The van der Waals surface area contributed by atoms with Gasteiger partial charge in [0.1, 0.15) is 11.4 Å². The molecule has 2 aliphatic carbocycles. The fraction of sp³-hybridized carbons (Fsp3) is 0.842. The van der Waals surface area contributed by atoms with Crippen molar-refractivity contribution in [3.8, 4) is 0 Å². The fourth-order valence-corrected chi connectivity index (χ4v) is 6.39. The van der Waals surface area contributed by atoms with E-state index in [2.05, 4.69) is 27.7 Å². The predicted molar refractivity (Wildman–Crippen MR) is 86.1 cm³/mol. The van der Waals surface area contributed by atoms with Gasteiger partial charge in [0.05, 0.1) is 13.2 Å². The van der Waals surface area contributed by atoms with Gasteiger partial charge in [0, 0.05) is 11.3 Å². The molecule has 3 heteroatoms. The van der Waals surface area contributed by atoms with E-state index < -0.39 is 0 Å². The lowest BCUT2D eigenvalue weighted by Crippen LogP contribution is -2.57. The van der Waals surface area contributed by atoms with Crippen LogP contribution in [0.5, 0.6) is 0 Å². The number of carbonyl (C=O) groups excluding carboxylic acids is 1. The van der Waals surface area contributed by atoms with Crippen LogP contribution in [-0.2, 0) is 14.3 Å². The van der Waals surface area contributed by atoms with Crippen LogP contribution >= 0.6 is 0 Å². The minimum atomic E-state index is -0.278. The summed E-state index contributed by atoms with van der Waals surface area (Å²) in [6, 6.07) is 0. The smallest absolute Gasteiger partial charge is 0.333 e. The van der Waals surface area contributed by atoms with E-state index in [1.807, 2.05) is 0 Å². The van der Waals surface area contributed by atoms with Crippen LogP contribution in [0.3, 0.4) is 0 Å². The summed E-state index contributed by atoms with van der Waals surface area (Å²) in [5.74, 6) is 3.46. The summed E-state index contributed by atoms with van der Waals surface area (Å²) in [5.41, 5.74) is 0.0421. The average Bonchev–Trinajstić information content (AvgIpc) is 2.90. The molecule has 6 unspecified atom stereocenters. The maximum atomic E-state index is 11.8. The quantitative estimate of drug-likeness (QED) is 0.560. The first-order valence-corrected chi connectivity index (χ1v) is 9.03. The lowest BCUT2D eigenvalue weighted by Gasteiger charge is -2.58.